The largest absolute Gasteiger partial charge is 0.318 e. The lowest BCUT2D eigenvalue weighted by molar-refractivity contribution is 0.457. The second-order valence-electron chi connectivity index (χ2n) is 3.60. The first kappa shape index (κ1) is 10.4. The smallest absolute Gasteiger partial charge is 0.0164 e. The minimum atomic E-state index is 0.612. The Bertz CT molecular complexity index is 113. The second kappa shape index (κ2) is 5.84. The third kappa shape index (κ3) is 3.78. The van der Waals surface area contributed by atoms with E-state index in [9.17, 15) is 0 Å². The molecule has 0 bridgehead atoms. The van der Waals surface area contributed by atoms with Crippen LogP contribution in [0.4, 0.5) is 0 Å². The minimum Gasteiger partial charge on any atom is -0.318 e. The van der Waals surface area contributed by atoms with Gasteiger partial charge in [-0.15, -0.1) is 0 Å². The first-order valence-corrected chi connectivity index (χ1v) is 5.94. The average molecular weight is 188 g/mol. The summed E-state index contributed by atoms with van der Waals surface area (Å²) in [7, 11) is 2.00. The van der Waals surface area contributed by atoms with Crippen molar-refractivity contribution in [2.24, 2.45) is 5.92 Å². The predicted molar refractivity (Wildman–Crippen MR) is 56.8 cm³/mol. The number of hydrogen-bond acceptors (Lipinski definition) is 3. The standard InChI is InChI=1S/C9H20N2S/c1-8(5-10-2)11-6-9-3-4-12-7-9/h8-11H,3-7H2,1-2H3. The molecule has 1 rings (SSSR count). The van der Waals surface area contributed by atoms with E-state index in [1.54, 1.807) is 0 Å². The van der Waals surface area contributed by atoms with E-state index in [0.29, 0.717) is 6.04 Å². The van der Waals surface area contributed by atoms with E-state index < -0.39 is 0 Å². The predicted octanol–water partition coefficient (Wildman–Crippen LogP) is 0.937. The Hall–Kier alpha value is 0.270. The Kier molecular flexibility index (Phi) is 5.04. The molecule has 0 aliphatic carbocycles. The Morgan fingerprint density at radius 1 is 1.58 bits per heavy atom. The molecule has 2 nitrogen and oxygen atoms in total. The number of hydrogen-bond donors (Lipinski definition) is 2. The van der Waals surface area contributed by atoms with E-state index in [-0.39, 0.29) is 0 Å². The summed E-state index contributed by atoms with van der Waals surface area (Å²) in [6.45, 7) is 4.51. The summed E-state index contributed by atoms with van der Waals surface area (Å²) < 4.78 is 0. The average Bonchev–Trinajstić information content (AvgIpc) is 2.53. The fourth-order valence-corrected chi connectivity index (χ4v) is 2.78. The van der Waals surface area contributed by atoms with Crippen molar-refractivity contribution in [1.29, 1.82) is 0 Å². The molecule has 1 aliphatic rings. The van der Waals surface area contributed by atoms with Crippen LogP contribution in [0.15, 0.2) is 0 Å². The van der Waals surface area contributed by atoms with Gasteiger partial charge in [0.2, 0.25) is 0 Å². The van der Waals surface area contributed by atoms with Crippen LogP contribution in [0, 0.1) is 5.92 Å². The molecule has 2 atom stereocenters. The molecule has 1 fully saturated rings. The zero-order chi connectivity index (χ0) is 8.81. The van der Waals surface area contributed by atoms with Crippen LogP contribution in [-0.4, -0.2) is 37.7 Å². The van der Waals surface area contributed by atoms with Gasteiger partial charge in [-0.3, -0.25) is 0 Å². The highest BCUT2D eigenvalue weighted by Gasteiger charge is 2.15. The summed E-state index contributed by atoms with van der Waals surface area (Å²) in [4.78, 5) is 0. The molecule has 2 N–H and O–H groups in total. The molecule has 0 aromatic rings. The van der Waals surface area contributed by atoms with Crippen molar-refractivity contribution in [2.75, 3.05) is 31.6 Å². The Morgan fingerprint density at radius 2 is 2.42 bits per heavy atom. The molecule has 3 heteroatoms. The van der Waals surface area contributed by atoms with E-state index in [1.807, 2.05) is 7.05 Å². The van der Waals surface area contributed by atoms with Crippen LogP contribution in [0.1, 0.15) is 13.3 Å². The van der Waals surface area contributed by atoms with Gasteiger partial charge in [0.05, 0.1) is 0 Å². The Labute approximate surface area is 79.9 Å². The molecule has 1 heterocycles. The van der Waals surface area contributed by atoms with Crippen molar-refractivity contribution in [3.63, 3.8) is 0 Å². The van der Waals surface area contributed by atoms with Gasteiger partial charge >= 0.3 is 0 Å². The van der Waals surface area contributed by atoms with E-state index in [4.69, 9.17) is 0 Å². The molecular weight excluding hydrogens is 168 g/mol. The highest BCUT2D eigenvalue weighted by molar-refractivity contribution is 7.99. The number of likely N-dealkylation sites (N-methyl/N-ethyl adjacent to an activating group) is 1. The summed E-state index contributed by atoms with van der Waals surface area (Å²) in [5.41, 5.74) is 0. The van der Waals surface area contributed by atoms with Gasteiger partial charge in [-0.1, -0.05) is 0 Å². The Balaban J connectivity index is 1.99. The second-order valence-corrected chi connectivity index (χ2v) is 4.75. The molecule has 0 aromatic carbocycles. The van der Waals surface area contributed by atoms with Crippen LogP contribution in [0.25, 0.3) is 0 Å². The monoisotopic (exact) mass is 188 g/mol. The number of thioether (sulfide) groups is 1. The minimum absolute atomic E-state index is 0.612. The topological polar surface area (TPSA) is 24.1 Å². The van der Waals surface area contributed by atoms with Gasteiger partial charge in [-0.25, -0.2) is 0 Å². The van der Waals surface area contributed by atoms with Crippen LogP contribution in [0.3, 0.4) is 0 Å². The van der Waals surface area contributed by atoms with Gasteiger partial charge in [-0.05, 0) is 44.4 Å². The SMILES string of the molecule is CNCC(C)NCC1CCSC1. The fraction of sp³-hybridized carbons (Fsp3) is 1.00. The zero-order valence-corrected chi connectivity index (χ0v) is 8.91. The van der Waals surface area contributed by atoms with Gasteiger partial charge in [0, 0.05) is 12.6 Å². The van der Waals surface area contributed by atoms with E-state index in [0.717, 1.165) is 12.5 Å². The van der Waals surface area contributed by atoms with Crippen molar-refractivity contribution in [1.82, 2.24) is 10.6 Å². The summed E-state index contributed by atoms with van der Waals surface area (Å²) >= 11 is 2.09. The molecule has 0 aromatic heterocycles. The maximum Gasteiger partial charge on any atom is 0.0164 e. The Morgan fingerprint density at radius 3 is 3.00 bits per heavy atom. The first-order chi connectivity index (χ1) is 5.83. The summed E-state index contributed by atoms with van der Waals surface area (Å²) in [5, 5.41) is 6.72. The van der Waals surface area contributed by atoms with Crippen molar-refractivity contribution < 1.29 is 0 Å². The zero-order valence-electron chi connectivity index (χ0n) is 8.10. The maximum atomic E-state index is 3.55. The van der Waals surface area contributed by atoms with Crippen LogP contribution in [-0.2, 0) is 0 Å². The van der Waals surface area contributed by atoms with Gasteiger partial charge < -0.3 is 10.6 Å². The lowest BCUT2D eigenvalue weighted by Gasteiger charge is -2.15. The molecule has 0 spiro atoms. The van der Waals surface area contributed by atoms with E-state index >= 15 is 0 Å². The molecule has 2 unspecified atom stereocenters. The third-order valence-electron chi connectivity index (χ3n) is 2.29. The molecule has 0 radical (unpaired) electrons. The summed E-state index contributed by atoms with van der Waals surface area (Å²) in [6, 6.07) is 0.612. The highest BCUT2D eigenvalue weighted by atomic mass is 32.2. The highest BCUT2D eigenvalue weighted by Crippen LogP contribution is 2.22. The lowest BCUT2D eigenvalue weighted by atomic mass is 10.1. The van der Waals surface area contributed by atoms with Gasteiger partial charge in [0.1, 0.15) is 0 Å². The van der Waals surface area contributed by atoms with Gasteiger partial charge in [0.25, 0.3) is 0 Å². The maximum absolute atomic E-state index is 3.55. The van der Waals surface area contributed by atoms with E-state index in [1.165, 1.54) is 24.5 Å². The number of rotatable bonds is 5. The van der Waals surface area contributed by atoms with Crippen LogP contribution >= 0.6 is 11.8 Å². The number of nitrogens with one attached hydrogen (secondary N) is 2. The van der Waals surface area contributed by atoms with Crippen molar-refractivity contribution in [3.8, 4) is 0 Å². The molecular formula is C9H20N2S. The van der Waals surface area contributed by atoms with Crippen LogP contribution < -0.4 is 10.6 Å². The fourth-order valence-electron chi connectivity index (χ4n) is 1.49. The van der Waals surface area contributed by atoms with Crippen molar-refractivity contribution >= 4 is 11.8 Å². The molecule has 12 heavy (non-hydrogen) atoms. The lowest BCUT2D eigenvalue weighted by Crippen LogP contribution is -2.37. The normalized spacial score (nSPS) is 26.0. The van der Waals surface area contributed by atoms with Crippen molar-refractivity contribution in [3.05, 3.63) is 0 Å². The van der Waals surface area contributed by atoms with Crippen molar-refractivity contribution in [2.45, 2.75) is 19.4 Å². The van der Waals surface area contributed by atoms with E-state index in [2.05, 4.69) is 29.3 Å². The molecule has 0 amide bonds. The summed E-state index contributed by atoms with van der Waals surface area (Å²) in [5.74, 6) is 3.65. The quantitative estimate of drug-likeness (QED) is 0.671. The molecule has 0 saturated carbocycles. The summed E-state index contributed by atoms with van der Waals surface area (Å²) in [6.07, 6.45) is 1.41. The first-order valence-electron chi connectivity index (χ1n) is 4.78. The molecule has 72 valence electrons. The van der Waals surface area contributed by atoms with Gasteiger partial charge in [-0.2, -0.15) is 11.8 Å². The van der Waals surface area contributed by atoms with Crippen LogP contribution in [0.5, 0.6) is 0 Å². The third-order valence-corrected chi connectivity index (χ3v) is 3.52. The molecule has 1 saturated heterocycles. The van der Waals surface area contributed by atoms with Crippen LogP contribution in [0.2, 0.25) is 0 Å². The molecule has 1 aliphatic heterocycles. The van der Waals surface area contributed by atoms with Gasteiger partial charge in [0.15, 0.2) is 0 Å².